The third-order valence-corrected chi connectivity index (χ3v) is 3.64. The van der Waals surface area contributed by atoms with Gasteiger partial charge in [0.25, 0.3) is 0 Å². The highest BCUT2D eigenvalue weighted by molar-refractivity contribution is 4.91. The van der Waals surface area contributed by atoms with Gasteiger partial charge in [-0.15, -0.1) is 0 Å². The molecule has 0 aromatic heterocycles. The lowest BCUT2D eigenvalue weighted by Crippen LogP contribution is -2.32. The Morgan fingerprint density at radius 2 is 1.94 bits per heavy atom. The average molecular weight is 223 g/mol. The van der Waals surface area contributed by atoms with E-state index in [9.17, 15) is 0 Å². The maximum atomic E-state index is 9.04. The van der Waals surface area contributed by atoms with Gasteiger partial charge in [0.2, 0.25) is 0 Å². The average Bonchev–Trinajstić information content (AvgIpc) is 2.38. The molecule has 3 heteroatoms. The van der Waals surface area contributed by atoms with Crippen LogP contribution < -0.4 is 0 Å². The van der Waals surface area contributed by atoms with Crippen LogP contribution in [0.25, 0.3) is 0 Å². The number of rotatable bonds is 3. The fourth-order valence-electron chi connectivity index (χ4n) is 2.61. The third kappa shape index (κ3) is 3.20. The lowest BCUT2D eigenvalue weighted by molar-refractivity contribution is -0.0781. The zero-order valence-corrected chi connectivity index (χ0v) is 9.86. The van der Waals surface area contributed by atoms with Gasteiger partial charge in [-0.25, -0.2) is 0 Å². The molecule has 0 N–H and O–H groups in total. The van der Waals surface area contributed by atoms with Gasteiger partial charge in [0.1, 0.15) is 0 Å². The molecule has 2 rings (SSSR count). The van der Waals surface area contributed by atoms with Crippen LogP contribution in [-0.4, -0.2) is 25.4 Å². The first-order valence-electron chi connectivity index (χ1n) is 6.53. The first kappa shape index (κ1) is 11.9. The monoisotopic (exact) mass is 223 g/mol. The molecule has 1 heterocycles. The van der Waals surface area contributed by atoms with E-state index >= 15 is 0 Å². The Morgan fingerprint density at radius 1 is 1.12 bits per heavy atom. The van der Waals surface area contributed by atoms with Gasteiger partial charge in [-0.05, 0) is 32.1 Å². The van der Waals surface area contributed by atoms with Crippen molar-refractivity contribution in [2.45, 2.75) is 57.2 Å². The van der Waals surface area contributed by atoms with E-state index in [2.05, 4.69) is 6.07 Å². The number of nitrogens with zero attached hydrogens (tertiary/aromatic N) is 1. The fraction of sp³-hybridized carbons (Fsp3) is 0.923. The van der Waals surface area contributed by atoms with E-state index in [4.69, 9.17) is 14.7 Å². The number of hydrogen-bond acceptors (Lipinski definition) is 3. The number of hydrogen-bond donors (Lipinski definition) is 0. The smallest absolute Gasteiger partial charge is 0.0808 e. The van der Waals surface area contributed by atoms with Crippen LogP contribution in [0.4, 0.5) is 0 Å². The Hall–Kier alpha value is -0.590. The first-order valence-corrected chi connectivity index (χ1v) is 6.53. The van der Waals surface area contributed by atoms with Crippen LogP contribution in [0.5, 0.6) is 0 Å². The van der Waals surface area contributed by atoms with Crippen LogP contribution in [0.1, 0.15) is 44.9 Å². The molecule has 1 aliphatic heterocycles. The predicted octanol–water partition coefficient (Wildman–Crippen LogP) is 2.65. The topological polar surface area (TPSA) is 42.2 Å². The zero-order valence-electron chi connectivity index (χ0n) is 9.86. The van der Waals surface area contributed by atoms with Gasteiger partial charge in [-0.3, -0.25) is 0 Å². The van der Waals surface area contributed by atoms with Crippen molar-refractivity contribution < 1.29 is 9.47 Å². The van der Waals surface area contributed by atoms with E-state index in [0.717, 1.165) is 25.9 Å². The summed E-state index contributed by atoms with van der Waals surface area (Å²) in [5.74, 6) is 0.109. The summed E-state index contributed by atoms with van der Waals surface area (Å²) in [7, 11) is 0. The Kier molecular flexibility index (Phi) is 4.62. The Balaban J connectivity index is 1.73. The quantitative estimate of drug-likeness (QED) is 0.738. The Bertz CT molecular complexity index is 243. The molecule has 3 nitrogen and oxygen atoms in total. The molecular formula is C13H21NO2. The van der Waals surface area contributed by atoms with E-state index < -0.39 is 0 Å². The summed E-state index contributed by atoms with van der Waals surface area (Å²) < 4.78 is 11.5. The van der Waals surface area contributed by atoms with Crippen LogP contribution in [-0.2, 0) is 9.47 Å². The van der Waals surface area contributed by atoms with E-state index in [-0.39, 0.29) is 18.1 Å². The van der Waals surface area contributed by atoms with Crippen LogP contribution in [0.15, 0.2) is 0 Å². The summed E-state index contributed by atoms with van der Waals surface area (Å²) in [6, 6.07) is 2.38. The standard InChI is InChI=1S/C13H21NO2/c14-9-11-5-1-2-7-13(11)16-10-12-6-3-4-8-15-12/h11-13H,1-8,10H2. The summed E-state index contributed by atoms with van der Waals surface area (Å²) in [4.78, 5) is 0. The molecule has 0 bridgehead atoms. The second-order valence-corrected chi connectivity index (χ2v) is 4.88. The van der Waals surface area contributed by atoms with Gasteiger partial charge in [-0.2, -0.15) is 5.26 Å². The number of nitriles is 1. The SMILES string of the molecule is N#CC1CCCCC1OCC1CCCCO1. The van der Waals surface area contributed by atoms with Crippen molar-refractivity contribution in [3.63, 3.8) is 0 Å². The molecule has 0 spiro atoms. The van der Waals surface area contributed by atoms with Crippen molar-refractivity contribution >= 4 is 0 Å². The molecule has 3 atom stereocenters. The van der Waals surface area contributed by atoms with Crippen LogP contribution in [0.3, 0.4) is 0 Å². The van der Waals surface area contributed by atoms with Crippen molar-refractivity contribution in [3.8, 4) is 6.07 Å². The second kappa shape index (κ2) is 6.22. The Labute approximate surface area is 97.7 Å². The van der Waals surface area contributed by atoms with Crippen molar-refractivity contribution in [1.29, 1.82) is 5.26 Å². The highest BCUT2D eigenvalue weighted by Crippen LogP contribution is 2.27. The lowest BCUT2D eigenvalue weighted by atomic mass is 9.87. The minimum absolute atomic E-state index is 0.109. The van der Waals surface area contributed by atoms with Crippen LogP contribution in [0.2, 0.25) is 0 Å². The van der Waals surface area contributed by atoms with Crippen molar-refractivity contribution in [2.75, 3.05) is 13.2 Å². The largest absolute Gasteiger partial charge is 0.376 e. The first-order chi connectivity index (χ1) is 7.90. The van der Waals surface area contributed by atoms with Gasteiger partial charge in [0.05, 0.1) is 30.8 Å². The highest BCUT2D eigenvalue weighted by Gasteiger charge is 2.26. The van der Waals surface area contributed by atoms with Crippen molar-refractivity contribution in [1.82, 2.24) is 0 Å². The summed E-state index contributed by atoms with van der Waals surface area (Å²) in [6.45, 7) is 1.56. The Morgan fingerprint density at radius 3 is 2.69 bits per heavy atom. The van der Waals surface area contributed by atoms with Crippen molar-refractivity contribution in [2.24, 2.45) is 5.92 Å². The van der Waals surface area contributed by atoms with Crippen molar-refractivity contribution in [3.05, 3.63) is 0 Å². The van der Waals surface area contributed by atoms with Crippen LogP contribution in [0, 0.1) is 17.2 Å². The summed E-state index contributed by atoms with van der Waals surface area (Å²) >= 11 is 0. The summed E-state index contributed by atoms with van der Waals surface area (Å²) in [5, 5.41) is 9.04. The molecular weight excluding hydrogens is 202 g/mol. The molecule has 3 unspecified atom stereocenters. The van der Waals surface area contributed by atoms with Gasteiger partial charge in [0, 0.05) is 6.61 Å². The molecule has 1 saturated carbocycles. The van der Waals surface area contributed by atoms with E-state index in [1.54, 1.807) is 0 Å². The number of ether oxygens (including phenoxy) is 2. The molecule has 0 amide bonds. The normalized spacial score (nSPS) is 35.6. The lowest BCUT2D eigenvalue weighted by Gasteiger charge is -2.29. The molecule has 1 aliphatic carbocycles. The maximum Gasteiger partial charge on any atom is 0.0808 e. The molecule has 90 valence electrons. The van der Waals surface area contributed by atoms with Crippen LogP contribution >= 0.6 is 0 Å². The summed E-state index contributed by atoms with van der Waals surface area (Å²) in [6.07, 6.45) is 8.41. The van der Waals surface area contributed by atoms with Gasteiger partial charge >= 0.3 is 0 Å². The molecule has 16 heavy (non-hydrogen) atoms. The van der Waals surface area contributed by atoms with Gasteiger partial charge < -0.3 is 9.47 Å². The predicted molar refractivity (Wildman–Crippen MR) is 60.9 cm³/mol. The maximum absolute atomic E-state index is 9.04. The molecule has 0 aromatic carbocycles. The van der Waals surface area contributed by atoms with E-state index in [1.807, 2.05) is 0 Å². The van der Waals surface area contributed by atoms with Gasteiger partial charge in [0.15, 0.2) is 0 Å². The zero-order chi connectivity index (χ0) is 11.2. The van der Waals surface area contributed by atoms with E-state index in [0.29, 0.717) is 6.61 Å². The molecule has 0 aromatic rings. The second-order valence-electron chi connectivity index (χ2n) is 4.88. The molecule has 2 aliphatic rings. The van der Waals surface area contributed by atoms with Gasteiger partial charge in [-0.1, -0.05) is 12.8 Å². The fourth-order valence-corrected chi connectivity index (χ4v) is 2.61. The molecule has 2 fully saturated rings. The summed E-state index contributed by atoms with van der Waals surface area (Å²) in [5.41, 5.74) is 0. The minimum Gasteiger partial charge on any atom is -0.376 e. The molecule has 1 saturated heterocycles. The third-order valence-electron chi connectivity index (χ3n) is 3.64. The minimum atomic E-state index is 0.109. The van der Waals surface area contributed by atoms with E-state index in [1.165, 1.54) is 25.7 Å². The molecule has 0 radical (unpaired) electrons. The highest BCUT2D eigenvalue weighted by atomic mass is 16.5.